The van der Waals surface area contributed by atoms with Crippen molar-refractivity contribution in [3.63, 3.8) is 0 Å². The fourth-order valence-corrected chi connectivity index (χ4v) is 1.56. The van der Waals surface area contributed by atoms with Crippen molar-refractivity contribution >= 4 is 11.9 Å². The minimum absolute atomic E-state index is 0.375. The molecule has 0 radical (unpaired) electrons. The summed E-state index contributed by atoms with van der Waals surface area (Å²) in [5.74, 6) is -1.86. The molecule has 0 bridgehead atoms. The Morgan fingerprint density at radius 2 is 1.95 bits per heavy atom. The topological polar surface area (TPSA) is 113 Å². The molecule has 20 heavy (non-hydrogen) atoms. The molecule has 0 spiro atoms. The van der Waals surface area contributed by atoms with Gasteiger partial charge in [-0.1, -0.05) is 30.3 Å². The molecule has 6 nitrogen and oxygen atoms in total. The maximum absolute atomic E-state index is 11.7. The first kappa shape index (κ1) is 16.1. The van der Waals surface area contributed by atoms with E-state index in [0.29, 0.717) is 12.8 Å². The third-order valence-corrected chi connectivity index (χ3v) is 2.99. The molecular weight excluding hydrogens is 260 g/mol. The average Bonchev–Trinajstić information content (AvgIpc) is 2.43. The van der Waals surface area contributed by atoms with E-state index in [0.717, 1.165) is 12.5 Å². The second-order valence-electron chi connectivity index (χ2n) is 4.93. The molecule has 1 aromatic rings. The summed E-state index contributed by atoms with van der Waals surface area (Å²) in [6.07, 6.45) is 1.11. The number of nitrogens with two attached hydrogens (primary N) is 1. The van der Waals surface area contributed by atoms with E-state index in [1.54, 1.807) is 0 Å². The van der Waals surface area contributed by atoms with Crippen molar-refractivity contribution in [3.05, 3.63) is 35.9 Å². The normalized spacial score (nSPS) is 15.2. The monoisotopic (exact) mass is 280 g/mol. The van der Waals surface area contributed by atoms with Crippen molar-refractivity contribution < 1.29 is 19.8 Å². The predicted octanol–water partition coefficient (Wildman–Crippen LogP) is -0.102. The van der Waals surface area contributed by atoms with Crippen LogP contribution in [0.2, 0.25) is 0 Å². The van der Waals surface area contributed by atoms with Crippen LogP contribution in [0, 0.1) is 0 Å². The Morgan fingerprint density at radius 3 is 2.50 bits per heavy atom. The van der Waals surface area contributed by atoms with E-state index >= 15 is 0 Å². The van der Waals surface area contributed by atoms with Gasteiger partial charge in [0, 0.05) is 0 Å². The molecule has 0 saturated heterocycles. The fraction of sp³-hybridized carbons (Fsp3) is 0.429. The first-order chi connectivity index (χ1) is 9.33. The number of carbonyl (C=O) groups excluding carboxylic acids is 1. The lowest BCUT2D eigenvalue weighted by Crippen LogP contribution is -2.50. The number of nitrogens with one attached hydrogen (secondary N) is 1. The number of hydrogen-bond acceptors (Lipinski definition) is 4. The maximum atomic E-state index is 11.7. The zero-order chi connectivity index (χ0) is 15.2. The van der Waals surface area contributed by atoms with Crippen LogP contribution in [0.4, 0.5) is 0 Å². The number of carbonyl (C=O) groups is 2. The summed E-state index contributed by atoms with van der Waals surface area (Å²) in [4.78, 5) is 22.4. The SMILES string of the molecule is CC(O)(CNC(=O)[C@@H](N)CCc1ccccc1)C(=O)O. The van der Waals surface area contributed by atoms with E-state index in [4.69, 9.17) is 10.8 Å². The minimum atomic E-state index is -1.99. The number of aliphatic carboxylic acids is 1. The van der Waals surface area contributed by atoms with Crippen LogP contribution >= 0.6 is 0 Å². The Bertz CT molecular complexity index is 460. The summed E-state index contributed by atoms with van der Waals surface area (Å²) in [5.41, 5.74) is 4.82. The number of hydrogen-bond donors (Lipinski definition) is 4. The van der Waals surface area contributed by atoms with E-state index in [1.807, 2.05) is 30.3 Å². The number of benzene rings is 1. The molecule has 0 aliphatic carbocycles. The molecular formula is C14H20N2O4. The summed E-state index contributed by atoms with van der Waals surface area (Å²) < 4.78 is 0. The second kappa shape index (κ2) is 7.02. The van der Waals surface area contributed by atoms with Gasteiger partial charge in [0.15, 0.2) is 5.60 Å². The molecule has 110 valence electrons. The molecule has 6 heteroatoms. The Hall–Kier alpha value is -1.92. The van der Waals surface area contributed by atoms with Gasteiger partial charge in [0.2, 0.25) is 5.91 Å². The van der Waals surface area contributed by atoms with Crippen LogP contribution in [0.1, 0.15) is 18.9 Å². The highest BCUT2D eigenvalue weighted by molar-refractivity contribution is 5.83. The number of rotatable bonds is 7. The number of aryl methyl sites for hydroxylation is 1. The van der Waals surface area contributed by atoms with E-state index in [1.165, 1.54) is 0 Å². The molecule has 1 aromatic carbocycles. The fourth-order valence-electron chi connectivity index (χ4n) is 1.56. The van der Waals surface area contributed by atoms with Gasteiger partial charge in [0.25, 0.3) is 0 Å². The van der Waals surface area contributed by atoms with E-state index in [-0.39, 0.29) is 6.54 Å². The van der Waals surface area contributed by atoms with Crippen LogP contribution in [-0.2, 0) is 16.0 Å². The Labute approximate surface area is 117 Å². The van der Waals surface area contributed by atoms with Gasteiger partial charge in [-0.2, -0.15) is 0 Å². The molecule has 1 unspecified atom stereocenters. The number of amides is 1. The first-order valence-electron chi connectivity index (χ1n) is 6.36. The highest BCUT2D eigenvalue weighted by atomic mass is 16.4. The van der Waals surface area contributed by atoms with E-state index in [9.17, 15) is 14.7 Å². The summed E-state index contributed by atoms with van der Waals surface area (Å²) in [6, 6.07) is 8.87. The number of aliphatic hydroxyl groups is 1. The van der Waals surface area contributed by atoms with Gasteiger partial charge in [-0.05, 0) is 25.3 Å². The van der Waals surface area contributed by atoms with Gasteiger partial charge in [-0.15, -0.1) is 0 Å². The minimum Gasteiger partial charge on any atom is -0.479 e. The predicted molar refractivity (Wildman–Crippen MR) is 74.0 cm³/mol. The highest BCUT2D eigenvalue weighted by Crippen LogP contribution is 2.05. The third kappa shape index (κ3) is 4.99. The first-order valence-corrected chi connectivity index (χ1v) is 6.36. The molecule has 5 N–H and O–H groups in total. The van der Waals surface area contributed by atoms with Crippen LogP contribution in [0.3, 0.4) is 0 Å². The Kier molecular flexibility index (Phi) is 5.66. The van der Waals surface area contributed by atoms with E-state index in [2.05, 4.69) is 5.32 Å². The third-order valence-electron chi connectivity index (χ3n) is 2.99. The van der Waals surface area contributed by atoms with Gasteiger partial charge in [-0.25, -0.2) is 4.79 Å². The Morgan fingerprint density at radius 1 is 1.35 bits per heavy atom. The largest absolute Gasteiger partial charge is 0.479 e. The van der Waals surface area contributed by atoms with Crippen molar-refractivity contribution in [3.8, 4) is 0 Å². The zero-order valence-corrected chi connectivity index (χ0v) is 11.4. The van der Waals surface area contributed by atoms with Crippen LogP contribution in [0.15, 0.2) is 30.3 Å². The summed E-state index contributed by atoms with van der Waals surface area (Å²) >= 11 is 0. The summed E-state index contributed by atoms with van der Waals surface area (Å²) in [5, 5.41) is 20.5. The molecule has 0 saturated carbocycles. The Balaban J connectivity index is 2.38. The molecule has 0 fully saturated rings. The molecule has 0 aliphatic rings. The lowest BCUT2D eigenvalue weighted by Gasteiger charge is -2.20. The van der Waals surface area contributed by atoms with Gasteiger partial charge >= 0.3 is 5.97 Å². The average molecular weight is 280 g/mol. The highest BCUT2D eigenvalue weighted by Gasteiger charge is 2.30. The quantitative estimate of drug-likeness (QED) is 0.557. The van der Waals surface area contributed by atoms with Crippen molar-refractivity contribution in [2.24, 2.45) is 5.73 Å². The standard InChI is InChI=1S/C14H20N2O4/c1-14(20,13(18)19)9-16-12(17)11(15)8-7-10-5-3-2-4-6-10/h2-6,11,20H,7-9,15H2,1H3,(H,16,17)(H,18,19)/t11-,14?/m0/s1. The number of carboxylic acids is 1. The summed E-state index contributed by atoms with van der Waals surface area (Å²) in [6.45, 7) is 0.741. The molecule has 2 atom stereocenters. The van der Waals surface area contributed by atoms with Gasteiger partial charge in [0.05, 0.1) is 12.6 Å². The lowest BCUT2D eigenvalue weighted by molar-refractivity contribution is -0.156. The van der Waals surface area contributed by atoms with E-state index < -0.39 is 23.5 Å². The molecule has 0 heterocycles. The van der Waals surface area contributed by atoms with Crippen molar-refractivity contribution in [2.75, 3.05) is 6.54 Å². The maximum Gasteiger partial charge on any atom is 0.337 e. The van der Waals surface area contributed by atoms with Crippen LogP contribution < -0.4 is 11.1 Å². The van der Waals surface area contributed by atoms with Crippen molar-refractivity contribution in [2.45, 2.75) is 31.4 Å². The van der Waals surface area contributed by atoms with Crippen molar-refractivity contribution in [1.82, 2.24) is 5.32 Å². The smallest absolute Gasteiger partial charge is 0.337 e. The molecule has 0 aromatic heterocycles. The van der Waals surface area contributed by atoms with Crippen molar-refractivity contribution in [1.29, 1.82) is 0 Å². The summed E-state index contributed by atoms with van der Waals surface area (Å²) in [7, 11) is 0. The van der Waals surface area contributed by atoms with Gasteiger partial charge in [-0.3, -0.25) is 4.79 Å². The van der Waals surface area contributed by atoms with Crippen LogP contribution in [0.25, 0.3) is 0 Å². The van der Waals surface area contributed by atoms with Gasteiger partial charge in [0.1, 0.15) is 0 Å². The van der Waals surface area contributed by atoms with Crippen LogP contribution in [-0.4, -0.2) is 40.3 Å². The van der Waals surface area contributed by atoms with Crippen LogP contribution in [0.5, 0.6) is 0 Å². The zero-order valence-electron chi connectivity index (χ0n) is 11.4. The molecule has 1 rings (SSSR count). The molecule has 0 aliphatic heterocycles. The second-order valence-corrected chi connectivity index (χ2v) is 4.93. The van der Waals surface area contributed by atoms with Gasteiger partial charge < -0.3 is 21.3 Å². The lowest BCUT2D eigenvalue weighted by atomic mass is 10.0. The number of carboxylic acid groups (broad SMARTS) is 1. The molecule has 1 amide bonds.